The summed E-state index contributed by atoms with van der Waals surface area (Å²) in [7, 11) is 0. The molecule has 2 aromatic heterocycles. The second-order valence-corrected chi connectivity index (χ2v) is 4.15. The first-order valence-corrected chi connectivity index (χ1v) is 5.40. The van der Waals surface area contributed by atoms with Crippen LogP contribution in [0.3, 0.4) is 0 Å². The Balaban J connectivity index is 2.67. The summed E-state index contributed by atoms with van der Waals surface area (Å²) in [6.07, 6.45) is 3.31. The van der Waals surface area contributed by atoms with Gasteiger partial charge in [-0.2, -0.15) is 5.10 Å². The molecule has 17 heavy (non-hydrogen) atoms. The van der Waals surface area contributed by atoms with Crippen LogP contribution in [0, 0.1) is 19.3 Å². The predicted molar refractivity (Wildman–Crippen MR) is 66.9 cm³/mol. The molecule has 88 valence electrons. The molecule has 2 rings (SSSR count). The Morgan fingerprint density at radius 2 is 2.18 bits per heavy atom. The standard InChI is InChI=1S/C11H12ClN5/c1-6-3-4-15-11(9(6)10(13)14)17-5-8(12)7(2)16-17/h3-5H,1-2H3,(H3,13,14). The topological polar surface area (TPSA) is 80.6 Å². The van der Waals surface area contributed by atoms with E-state index in [0.29, 0.717) is 22.1 Å². The highest BCUT2D eigenvalue weighted by atomic mass is 35.5. The molecule has 5 nitrogen and oxygen atoms in total. The van der Waals surface area contributed by atoms with Gasteiger partial charge < -0.3 is 5.73 Å². The van der Waals surface area contributed by atoms with Crippen molar-refractivity contribution in [2.75, 3.05) is 0 Å². The number of aromatic nitrogens is 3. The number of nitrogens with two attached hydrogens (primary N) is 1. The lowest BCUT2D eigenvalue weighted by Crippen LogP contribution is -2.18. The average Bonchev–Trinajstić information content (AvgIpc) is 2.58. The van der Waals surface area contributed by atoms with Crippen molar-refractivity contribution in [3.8, 4) is 5.82 Å². The van der Waals surface area contributed by atoms with Crippen LogP contribution in [0.25, 0.3) is 5.82 Å². The first-order valence-electron chi connectivity index (χ1n) is 5.03. The highest BCUT2D eigenvalue weighted by Crippen LogP contribution is 2.19. The quantitative estimate of drug-likeness (QED) is 0.629. The maximum atomic E-state index is 7.59. The van der Waals surface area contributed by atoms with E-state index in [9.17, 15) is 0 Å². The summed E-state index contributed by atoms with van der Waals surface area (Å²) in [5.74, 6) is 0.488. The molecule has 0 fully saturated rings. The molecule has 2 heterocycles. The van der Waals surface area contributed by atoms with Crippen molar-refractivity contribution < 1.29 is 0 Å². The molecular formula is C11H12ClN5. The van der Waals surface area contributed by atoms with Crippen LogP contribution in [0.4, 0.5) is 0 Å². The van der Waals surface area contributed by atoms with Crippen LogP contribution in [0.5, 0.6) is 0 Å². The Morgan fingerprint density at radius 3 is 2.71 bits per heavy atom. The molecule has 6 heteroatoms. The molecular weight excluding hydrogens is 238 g/mol. The van der Waals surface area contributed by atoms with E-state index in [1.165, 1.54) is 0 Å². The van der Waals surface area contributed by atoms with Gasteiger partial charge in [-0.25, -0.2) is 9.67 Å². The fourth-order valence-corrected chi connectivity index (χ4v) is 1.73. The van der Waals surface area contributed by atoms with Gasteiger partial charge in [-0.1, -0.05) is 11.6 Å². The molecule has 0 aliphatic heterocycles. The minimum atomic E-state index is -0.0325. The Morgan fingerprint density at radius 1 is 1.47 bits per heavy atom. The molecule has 0 aliphatic carbocycles. The van der Waals surface area contributed by atoms with Gasteiger partial charge in [-0.3, -0.25) is 5.41 Å². The highest BCUT2D eigenvalue weighted by molar-refractivity contribution is 6.31. The van der Waals surface area contributed by atoms with E-state index >= 15 is 0 Å². The first kappa shape index (κ1) is 11.6. The van der Waals surface area contributed by atoms with Crippen LogP contribution in [0.1, 0.15) is 16.8 Å². The number of pyridine rings is 1. The highest BCUT2D eigenvalue weighted by Gasteiger charge is 2.13. The van der Waals surface area contributed by atoms with Crippen molar-refractivity contribution in [3.63, 3.8) is 0 Å². The van der Waals surface area contributed by atoms with Gasteiger partial charge in [0, 0.05) is 6.20 Å². The van der Waals surface area contributed by atoms with E-state index in [2.05, 4.69) is 10.1 Å². The van der Waals surface area contributed by atoms with Crippen molar-refractivity contribution in [2.45, 2.75) is 13.8 Å². The Kier molecular flexibility index (Phi) is 2.85. The number of nitrogens with zero attached hydrogens (tertiary/aromatic N) is 3. The Labute approximate surface area is 104 Å². The second-order valence-electron chi connectivity index (χ2n) is 3.75. The van der Waals surface area contributed by atoms with Crippen molar-refractivity contribution in [1.82, 2.24) is 14.8 Å². The molecule has 3 N–H and O–H groups in total. The number of hydrogen-bond donors (Lipinski definition) is 2. The van der Waals surface area contributed by atoms with Gasteiger partial charge in [-0.15, -0.1) is 0 Å². The van der Waals surface area contributed by atoms with Gasteiger partial charge in [0.25, 0.3) is 0 Å². The summed E-state index contributed by atoms with van der Waals surface area (Å²) in [5.41, 5.74) is 7.74. The summed E-state index contributed by atoms with van der Waals surface area (Å²) in [6.45, 7) is 3.68. The van der Waals surface area contributed by atoms with Crippen LogP contribution in [0.2, 0.25) is 5.02 Å². The van der Waals surface area contributed by atoms with E-state index in [1.54, 1.807) is 23.1 Å². The normalized spacial score (nSPS) is 10.5. The Hall–Kier alpha value is -1.88. The second kappa shape index (κ2) is 4.18. The van der Waals surface area contributed by atoms with Crippen LogP contribution in [-0.4, -0.2) is 20.6 Å². The van der Waals surface area contributed by atoms with E-state index in [4.69, 9.17) is 22.7 Å². The molecule has 0 radical (unpaired) electrons. The van der Waals surface area contributed by atoms with Gasteiger partial charge in [-0.05, 0) is 25.5 Å². The first-order chi connectivity index (χ1) is 8.00. The van der Waals surface area contributed by atoms with Crippen LogP contribution in [0.15, 0.2) is 18.5 Å². The molecule has 0 saturated carbocycles. The fourth-order valence-electron chi connectivity index (χ4n) is 1.60. The zero-order valence-corrected chi connectivity index (χ0v) is 10.3. The van der Waals surface area contributed by atoms with Crippen LogP contribution < -0.4 is 5.73 Å². The van der Waals surface area contributed by atoms with Crippen LogP contribution in [-0.2, 0) is 0 Å². The van der Waals surface area contributed by atoms with Gasteiger partial charge in [0.2, 0.25) is 0 Å². The molecule has 0 saturated heterocycles. The van der Waals surface area contributed by atoms with E-state index in [-0.39, 0.29) is 5.84 Å². The molecule has 0 unspecified atom stereocenters. The third-order valence-electron chi connectivity index (χ3n) is 2.46. The van der Waals surface area contributed by atoms with Gasteiger partial charge in [0.15, 0.2) is 5.82 Å². The van der Waals surface area contributed by atoms with E-state index in [0.717, 1.165) is 5.56 Å². The van der Waals surface area contributed by atoms with Crippen molar-refractivity contribution in [1.29, 1.82) is 5.41 Å². The molecule has 0 amide bonds. The summed E-state index contributed by atoms with van der Waals surface area (Å²) in [5, 5.41) is 12.4. The number of amidine groups is 1. The minimum Gasteiger partial charge on any atom is -0.384 e. The Bertz CT molecular complexity index is 568. The lowest BCUT2D eigenvalue weighted by Gasteiger charge is -2.09. The molecule has 0 spiro atoms. The molecule has 0 aliphatic rings. The van der Waals surface area contributed by atoms with Crippen LogP contribution >= 0.6 is 11.6 Å². The molecule has 0 aromatic carbocycles. The fraction of sp³-hybridized carbons (Fsp3) is 0.182. The average molecular weight is 250 g/mol. The van der Waals surface area contributed by atoms with Gasteiger partial charge in [0.1, 0.15) is 5.84 Å². The third-order valence-corrected chi connectivity index (χ3v) is 2.84. The summed E-state index contributed by atoms with van der Waals surface area (Å²) in [6, 6.07) is 1.80. The predicted octanol–water partition coefficient (Wildman–Crippen LogP) is 1.82. The number of nitrogen functional groups attached to an aromatic ring is 1. The van der Waals surface area contributed by atoms with Gasteiger partial charge in [0.05, 0.1) is 22.5 Å². The maximum Gasteiger partial charge on any atom is 0.164 e. The molecule has 2 aromatic rings. The monoisotopic (exact) mass is 249 g/mol. The van der Waals surface area contributed by atoms with Crippen molar-refractivity contribution >= 4 is 17.4 Å². The summed E-state index contributed by atoms with van der Waals surface area (Å²) in [4.78, 5) is 4.21. The zero-order chi connectivity index (χ0) is 12.6. The summed E-state index contributed by atoms with van der Waals surface area (Å²) >= 11 is 5.95. The smallest absolute Gasteiger partial charge is 0.164 e. The van der Waals surface area contributed by atoms with E-state index in [1.807, 2.05) is 13.8 Å². The zero-order valence-electron chi connectivity index (χ0n) is 9.53. The van der Waals surface area contributed by atoms with Gasteiger partial charge >= 0.3 is 0 Å². The number of halogens is 1. The lowest BCUT2D eigenvalue weighted by atomic mass is 10.1. The number of aryl methyl sites for hydroxylation is 2. The van der Waals surface area contributed by atoms with Crippen molar-refractivity contribution in [2.24, 2.45) is 5.73 Å². The van der Waals surface area contributed by atoms with E-state index < -0.39 is 0 Å². The summed E-state index contributed by atoms with van der Waals surface area (Å²) < 4.78 is 1.54. The number of nitrogens with one attached hydrogen (secondary N) is 1. The minimum absolute atomic E-state index is 0.0325. The SMILES string of the molecule is Cc1ccnc(-n2cc(Cl)c(C)n2)c1C(=N)N. The third kappa shape index (κ3) is 2.01. The maximum absolute atomic E-state index is 7.59. The lowest BCUT2D eigenvalue weighted by molar-refractivity contribution is 0.828. The number of hydrogen-bond acceptors (Lipinski definition) is 3. The number of rotatable bonds is 2. The van der Waals surface area contributed by atoms with Crippen molar-refractivity contribution in [3.05, 3.63) is 40.3 Å². The molecule has 0 bridgehead atoms. The largest absolute Gasteiger partial charge is 0.384 e. The molecule has 0 atom stereocenters.